The van der Waals surface area contributed by atoms with Crippen molar-refractivity contribution >= 4 is 33.0 Å². The van der Waals surface area contributed by atoms with Gasteiger partial charge in [0.1, 0.15) is 0 Å². The summed E-state index contributed by atoms with van der Waals surface area (Å²) in [7, 11) is -3.59. The van der Waals surface area contributed by atoms with E-state index >= 15 is 0 Å². The molecule has 1 unspecified atom stereocenters. The Balaban J connectivity index is 1.79. The molecule has 130 valence electrons. The number of nitrogens with one attached hydrogen (secondary N) is 1. The highest BCUT2D eigenvalue weighted by atomic mass is 35.5. The smallest absolute Gasteiger partial charge is 0.240 e. The molecule has 1 aliphatic heterocycles. The Morgan fingerprint density at radius 3 is 2.71 bits per heavy atom. The molecule has 24 heavy (non-hydrogen) atoms. The minimum atomic E-state index is -3.59. The van der Waals surface area contributed by atoms with Crippen molar-refractivity contribution in [2.45, 2.75) is 30.7 Å². The Morgan fingerprint density at radius 2 is 2.04 bits per heavy atom. The van der Waals surface area contributed by atoms with E-state index in [0.29, 0.717) is 17.1 Å². The van der Waals surface area contributed by atoms with Crippen LogP contribution in [0.1, 0.15) is 29.3 Å². The molecule has 2 heterocycles. The van der Waals surface area contributed by atoms with E-state index in [9.17, 15) is 8.42 Å². The van der Waals surface area contributed by atoms with E-state index in [4.69, 9.17) is 11.6 Å². The van der Waals surface area contributed by atoms with Gasteiger partial charge in [-0.2, -0.15) is 0 Å². The number of sulfonamides is 1. The van der Waals surface area contributed by atoms with Gasteiger partial charge in [-0.05, 0) is 62.0 Å². The van der Waals surface area contributed by atoms with Crippen LogP contribution in [-0.4, -0.2) is 33.0 Å². The molecule has 0 amide bonds. The maximum atomic E-state index is 12.7. The summed E-state index contributed by atoms with van der Waals surface area (Å²) in [4.78, 5) is 3.81. The lowest BCUT2D eigenvalue weighted by atomic mass is 10.2. The van der Waals surface area contributed by atoms with Crippen LogP contribution in [0.25, 0.3) is 0 Å². The van der Waals surface area contributed by atoms with Crippen LogP contribution >= 0.6 is 22.9 Å². The molecule has 2 aromatic rings. The second-order valence-corrected chi connectivity index (χ2v) is 9.19. The molecule has 1 saturated heterocycles. The highest BCUT2D eigenvalue weighted by Gasteiger charge is 2.26. The van der Waals surface area contributed by atoms with Crippen LogP contribution in [0.3, 0.4) is 0 Å². The molecular weight excluding hydrogens is 364 g/mol. The molecule has 0 saturated carbocycles. The summed E-state index contributed by atoms with van der Waals surface area (Å²) in [6.45, 7) is 4.18. The summed E-state index contributed by atoms with van der Waals surface area (Å²) in [6, 6.07) is 9.12. The van der Waals surface area contributed by atoms with E-state index < -0.39 is 10.0 Å². The van der Waals surface area contributed by atoms with E-state index in [2.05, 4.69) is 15.7 Å². The van der Waals surface area contributed by atoms with Crippen molar-refractivity contribution in [3.05, 3.63) is 51.2 Å². The lowest BCUT2D eigenvalue weighted by molar-refractivity contribution is 0.250. The molecular formula is C17H21ClN2O2S2. The Labute approximate surface area is 152 Å². The van der Waals surface area contributed by atoms with Crippen molar-refractivity contribution in [2.75, 3.05) is 19.6 Å². The van der Waals surface area contributed by atoms with Crippen molar-refractivity contribution in [3.63, 3.8) is 0 Å². The number of hydrogen-bond acceptors (Lipinski definition) is 4. The quantitative estimate of drug-likeness (QED) is 0.823. The van der Waals surface area contributed by atoms with Crippen LogP contribution in [0.5, 0.6) is 0 Å². The average molecular weight is 385 g/mol. The highest BCUT2D eigenvalue weighted by molar-refractivity contribution is 7.89. The van der Waals surface area contributed by atoms with Gasteiger partial charge in [0.2, 0.25) is 10.0 Å². The first kappa shape index (κ1) is 17.9. The van der Waals surface area contributed by atoms with Gasteiger partial charge >= 0.3 is 0 Å². The van der Waals surface area contributed by atoms with Crippen molar-refractivity contribution in [3.8, 4) is 0 Å². The summed E-state index contributed by atoms with van der Waals surface area (Å²) in [5.74, 6) is 0. The first-order chi connectivity index (χ1) is 11.5. The fourth-order valence-electron chi connectivity index (χ4n) is 3.07. The molecule has 3 rings (SSSR count). The molecule has 7 heteroatoms. The number of hydrogen-bond donors (Lipinski definition) is 1. The van der Waals surface area contributed by atoms with Crippen LogP contribution in [-0.2, 0) is 10.0 Å². The van der Waals surface area contributed by atoms with Crippen molar-refractivity contribution < 1.29 is 8.42 Å². The van der Waals surface area contributed by atoms with Gasteiger partial charge in [-0.1, -0.05) is 23.7 Å². The van der Waals surface area contributed by atoms with Crippen LogP contribution in [0.2, 0.25) is 5.02 Å². The Kier molecular flexibility index (Phi) is 5.62. The third kappa shape index (κ3) is 4.00. The first-order valence-corrected chi connectivity index (χ1v) is 10.7. The van der Waals surface area contributed by atoms with E-state index in [1.807, 2.05) is 11.4 Å². The van der Waals surface area contributed by atoms with Gasteiger partial charge in [-0.25, -0.2) is 13.1 Å². The lowest BCUT2D eigenvalue weighted by Crippen LogP contribution is -2.36. The molecule has 1 fully saturated rings. The Hall–Kier alpha value is -0.920. The predicted molar refractivity (Wildman–Crippen MR) is 99.2 cm³/mol. The summed E-state index contributed by atoms with van der Waals surface area (Å²) < 4.78 is 28.2. The van der Waals surface area contributed by atoms with Crippen LogP contribution in [0.4, 0.5) is 0 Å². The van der Waals surface area contributed by atoms with Crippen molar-refractivity contribution in [1.82, 2.24) is 9.62 Å². The van der Waals surface area contributed by atoms with Gasteiger partial charge in [0, 0.05) is 16.4 Å². The third-order valence-corrected chi connectivity index (χ3v) is 7.13. The minimum absolute atomic E-state index is 0.0850. The normalized spacial score (nSPS) is 17.2. The predicted octanol–water partition coefficient (Wildman–Crippen LogP) is 3.83. The average Bonchev–Trinajstić information content (AvgIpc) is 3.23. The molecule has 0 bridgehead atoms. The van der Waals surface area contributed by atoms with Gasteiger partial charge in [0.15, 0.2) is 0 Å². The summed E-state index contributed by atoms with van der Waals surface area (Å²) in [5.41, 5.74) is 0.695. The Bertz CT molecular complexity index is 785. The van der Waals surface area contributed by atoms with Gasteiger partial charge in [-0.15, -0.1) is 11.3 Å². The molecule has 0 radical (unpaired) electrons. The zero-order chi connectivity index (χ0) is 17.2. The number of thiophene rings is 1. The van der Waals surface area contributed by atoms with Crippen LogP contribution in [0.15, 0.2) is 40.6 Å². The number of benzene rings is 1. The molecule has 1 aromatic heterocycles. The number of rotatable bonds is 6. The molecule has 4 nitrogen and oxygen atoms in total. The topological polar surface area (TPSA) is 49.4 Å². The molecule has 1 N–H and O–H groups in total. The SMILES string of the molecule is Cc1ccc(Cl)cc1S(=O)(=O)NCC(c1cccs1)N1CCCC1. The summed E-state index contributed by atoms with van der Waals surface area (Å²) in [6.07, 6.45) is 2.34. The van der Waals surface area contributed by atoms with Gasteiger partial charge < -0.3 is 0 Å². The zero-order valence-corrected chi connectivity index (χ0v) is 15.9. The van der Waals surface area contributed by atoms with Gasteiger partial charge in [0.05, 0.1) is 10.9 Å². The van der Waals surface area contributed by atoms with Gasteiger partial charge in [-0.3, -0.25) is 4.90 Å². The molecule has 1 aromatic carbocycles. The van der Waals surface area contributed by atoms with E-state index in [1.54, 1.807) is 30.4 Å². The largest absolute Gasteiger partial charge is 0.294 e. The number of likely N-dealkylation sites (tertiary alicyclic amines) is 1. The molecule has 1 aliphatic rings. The third-order valence-electron chi connectivity index (χ3n) is 4.36. The van der Waals surface area contributed by atoms with Gasteiger partial charge in [0.25, 0.3) is 0 Å². The first-order valence-electron chi connectivity index (χ1n) is 8.00. The second-order valence-electron chi connectivity index (χ2n) is 6.04. The lowest BCUT2D eigenvalue weighted by Gasteiger charge is -2.27. The molecule has 0 spiro atoms. The maximum absolute atomic E-state index is 12.7. The summed E-state index contributed by atoms with van der Waals surface area (Å²) in [5, 5.41) is 2.46. The minimum Gasteiger partial charge on any atom is -0.294 e. The maximum Gasteiger partial charge on any atom is 0.240 e. The molecule has 0 aliphatic carbocycles. The fourth-order valence-corrected chi connectivity index (χ4v) is 5.48. The fraction of sp³-hybridized carbons (Fsp3) is 0.412. The summed E-state index contributed by atoms with van der Waals surface area (Å²) >= 11 is 7.64. The zero-order valence-electron chi connectivity index (χ0n) is 13.5. The second kappa shape index (κ2) is 7.54. The number of halogens is 1. The van der Waals surface area contributed by atoms with Crippen LogP contribution < -0.4 is 4.72 Å². The van der Waals surface area contributed by atoms with E-state index in [-0.39, 0.29) is 10.9 Å². The monoisotopic (exact) mass is 384 g/mol. The van der Waals surface area contributed by atoms with Crippen molar-refractivity contribution in [1.29, 1.82) is 0 Å². The standard InChI is InChI=1S/C17H21ClN2O2S2/c1-13-6-7-14(18)11-17(13)24(21,22)19-12-15(16-5-4-10-23-16)20-8-2-3-9-20/h4-7,10-11,15,19H,2-3,8-9,12H2,1H3. The number of aryl methyl sites for hydroxylation is 1. The number of nitrogens with zero attached hydrogens (tertiary/aromatic N) is 1. The van der Waals surface area contributed by atoms with E-state index in [1.165, 1.54) is 23.8 Å². The van der Waals surface area contributed by atoms with Crippen LogP contribution in [0, 0.1) is 6.92 Å². The van der Waals surface area contributed by atoms with E-state index in [0.717, 1.165) is 13.1 Å². The molecule has 1 atom stereocenters. The highest BCUT2D eigenvalue weighted by Crippen LogP contribution is 2.28. The van der Waals surface area contributed by atoms with Crippen molar-refractivity contribution in [2.24, 2.45) is 0 Å². The Morgan fingerprint density at radius 1 is 1.29 bits per heavy atom.